The smallest absolute Gasteiger partial charge is 0.243 e. The predicted molar refractivity (Wildman–Crippen MR) is 122 cm³/mol. The summed E-state index contributed by atoms with van der Waals surface area (Å²) < 4.78 is 14.1. The van der Waals surface area contributed by atoms with E-state index in [-0.39, 0.29) is 6.61 Å². The van der Waals surface area contributed by atoms with Crippen LogP contribution >= 0.6 is 39.1 Å². The topological polar surface area (TPSA) is 74.1 Å². The second-order valence-electron chi connectivity index (χ2n) is 6.52. The average Bonchev–Trinajstić information content (AvgIpc) is 3.18. The Morgan fingerprint density at radius 3 is 2.63 bits per heavy atom. The van der Waals surface area contributed by atoms with Crippen LogP contribution in [-0.4, -0.2) is 27.3 Å². The summed E-state index contributed by atoms with van der Waals surface area (Å²) in [6, 6.07) is 9.12. The van der Waals surface area contributed by atoms with Crippen LogP contribution in [0.4, 0.5) is 5.95 Å². The van der Waals surface area contributed by atoms with Crippen molar-refractivity contribution in [3.8, 4) is 11.5 Å². The molecular formula is C20H22BrCl2N5O2. The van der Waals surface area contributed by atoms with Crippen LogP contribution in [0, 0.1) is 0 Å². The van der Waals surface area contributed by atoms with E-state index in [0.29, 0.717) is 34.0 Å². The van der Waals surface area contributed by atoms with Crippen molar-refractivity contribution in [2.75, 3.05) is 12.4 Å². The Kier molecular flexibility index (Phi) is 8.18. The Balaban J connectivity index is 1.72. The average molecular weight is 515 g/mol. The summed E-state index contributed by atoms with van der Waals surface area (Å²) in [5, 5.41) is 16.2. The van der Waals surface area contributed by atoms with Crippen LogP contribution in [0.25, 0.3) is 0 Å². The summed E-state index contributed by atoms with van der Waals surface area (Å²) in [5.41, 5.74) is 1.70. The monoisotopic (exact) mass is 513 g/mol. The normalized spacial score (nSPS) is 10.8. The molecule has 0 aliphatic rings. The van der Waals surface area contributed by atoms with Crippen LogP contribution in [0.1, 0.15) is 30.9 Å². The highest BCUT2D eigenvalue weighted by Crippen LogP contribution is 2.35. The first-order valence-corrected chi connectivity index (χ1v) is 11.0. The molecule has 0 aliphatic heterocycles. The molecule has 1 aromatic heterocycles. The number of aryl methyl sites for hydroxylation is 1. The molecule has 30 heavy (non-hydrogen) atoms. The number of nitrogens with one attached hydrogen (secondary N) is 1. The molecule has 0 bridgehead atoms. The maximum atomic E-state index is 6.23. The van der Waals surface area contributed by atoms with Gasteiger partial charge in [0.1, 0.15) is 6.61 Å². The fourth-order valence-corrected chi connectivity index (χ4v) is 3.74. The quantitative estimate of drug-likeness (QED) is 0.371. The highest BCUT2D eigenvalue weighted by molar-refractivity contribution is 9.10. The number of nitrogens with zero attached hydrogens (tertiary/aromatic N) is 4. The fraction of sp³-hybridized carbons (Fsp3) is 0.350. The number of anilines is 1. The standard InChI is InChI=1S/C20H22BrCl2N5O2/c1-3-4-8-28-20(25-26-27-28)24-11-13-9-18(29-2)19(10-15(13)21)30-12-14-16(22)6-5-7-17(14)23/h5-7,9-10H,3-4,8,11-12H2,1-2H3,(H,24,25,27). The lowest BCUT2D eigenvalue weighted by Crippen LogP contribution is -2.10. The first-order chi connectivity index (χ1) is 14.5. The minimum absolute atomic E-state index is 0.227. The largest absolute Gasteiger partial charge is 0.493 e. The van der Waals surface area contributed by atoms with E-state index in [2.05, 4.69) is 43.7 Å². The number of halogens is 3. The van der Waals surface area contributed by atoms with Crippen molar-refractivity contribution in [1.82, 2.24) is 20.2 Å². The van der Waals surface area contributed by atoms with E-state index in [4.69, 9.17) is 32.7 Å². The van der Waals surface area contributed by atoms with E-state index < -0.39 is 0 Å². The Morgan fingerprint density at radius 2 is 1.93 bits per heavy atom. The van der Waals surface area contributed by atoms with E-state index in [1.807, 2.05) is 12.1 Å². The highest BCUT2D eigenvalue weighted by Gasteiger charge is 2.14. The van der Waals surface area contributed by atoms with E-state index in [1.54, 1.807) is 30.0 Å². The van der Waals surface area contributed by atoms with Crippen molar-refractivity contribution in [2.45, 2.75) is 39.5 Å². The molecular weight excluding hydrogens is 493 g/mol. The first-order valence-electron chi connectivity index (χ1n) is 9.45. The van der Waals surface area contributed by atoms with Gasteiger partial charge in [-0.05, 0) is 46.7 Å². The van der Waals surface area contributed by atoms with Crippen molar-refractivity contribution in [1.29, 1.82) is 0 Å². The van der Waals surface area contributed by atoms with Crippen molar-refractivity contribution in [3.05, 3.63) is 56.0 Å². The Hall–Kier alpha value is -2.03. The number of aromatic nitrogens is 4. The van der Waals surface area contributed by atoms with Gasteiger partial charge in [-0.15, -0.1) is 0 Å². The van der Waals surface area contributed by atoms with Crippen LogP contribution in [0.15, 0.2) is 34.8 Å². The van der Waals surface area contributed by atoms with Gasteiger partial charge in [-0.2, -0.15) is 0 Å². The molecule has 0 radical (unpaired) electrons. The molecule has 160 valence electrons. The molecule has 10 heteroatoms. The van der Waals surface area contributed by atoms with Crippen LogP contribution in [0.3, 0.4) is 0 Å². The molecule has 0 amide bonds. The summed E-state index contributed by atoms with van der Waals surface area (Å²) in [4.78, 5) is 0. The first kappa shape index (κ1) is 22.7. The molecule has 0 aliphatic carbocycles. The van der Waals surface area contributed by atoms with E-state index in [0.717, 1.165) is 35.0 Å². The molecule has 7 nitrogen and oxygen atoms in total. The molecule has 2 aromatic carbocycles. The van der Waals surface area contributed by atoms with Crippen molar-refractivity contribution < 1.29 is 9.47 Å². The number of tetrazole rings is 1. The Morgan fingerprint density at radius 1 is 1.17 bits per heavy atom. The van der Waals surface area contributed by atoms with Crippen molar-refractivity contribution in [3.63, 3.8) is 0 Å². The highest BCUT2D eigenvalue weighted by atomic mass is 79.9. The lowest BCUT2D eigenvalue weighted by atomic mass is 10.2. The van der Waals surface area contributed by atoms with Crippen LogP contribution in [0.5, 0.6) is 11.5 Å². The zero-order valence-electron chi connectivity index (χ0n) is 16.7. The second-order valence-corrected chi connectivity index (χ2v) is 8.18. The molecule has 0 saturated heterocycles. The van der Waals surface area contributed by atoms with E-state index >= 15 is 0 Å². The Labute approximate surface area is 193 Å². The molecule has 1 N–H and O–H groups in total. The Bertz CT molecular complexity index is 979. The summed E-state index contributed by atoms with van der Waals surface area (Å²) >= 11 is 16.1. The van der Waals surface area contributed by atoms with Gasteiger partial charge in [0.25, 0.3) is 0 Å². The molecule has 1 heterocycles. The third-order valence-corrected chi connectivity index (χ3v) is 5.91. The third kappa shape index (κ3) is 5.56. The number of ether oxygens (including phenoxy) is 2. The van der Waals surface area contributed by atoms with Gasteiger partial charge in [0, 0.05) is 33.2 Å². The zero-order valence-corrected chi connectivity index (χ0v) is 19.8. The third-order valence-electron chi connectivity index (χ3n) is 4.46. The fourth-order valence-electron chi connectivity index (χ4n) is 2.77. The number of benzene rings is 2. The molecule has 3 rings (SSSR count). The predicted octanol–water partition coefficient (Wildman–Crippen LogP) is 5.74. The lowest BCUT2D eigenvalue weighted by molar-refractivity contribution is 0.284. The summed E-state index contributed by atoms with van der Waals surface area (Å²) in [6.45, 7) is 3.64. The SMILES string of the molecule is CCCCn1nnnc1NCc1cc(OC)c(OCc2c(Cl)cccc2Cl)cc1Br. The van der Waals surface area contributed by atoms with E-state index in [9.17, 15) is 0 Å². The van der Waals surface area contributed by atoms with Crippen molar-refractivity contribution >= 4 is 45.1 Å². The second kappa shape index (κ2) is 10.8. The minimum atomic E-state index is 0.227. The molecule has 0 saturated carbocycles. The van der Waals surface area contributed by atoms with Crippen LogP contribution in [0.2, 0.25) is 10.0 Å². The summed E-state index contributed by atoms with van der Waals surface area (Å²) in [7, 11) is 1.60. The van der Waals surface area contributed by atoms with Gasteiger partial charge in [-0.1, -0.05) is 63.6 Å². The van der Waals surface area contributed by atoms with Gasteiger partial charge < -0.3 is 14.8 Å². The van der Waals surface area contributed by atoms with Gasteiger partial charge >= 0.3 is 0 Å². The van der Waals surface area contributed by atoms with Gasteiger partial charge in [-0.3, -0.25) is 0 Å². The van der Waals surface area contributed by atoms with Gasteiger partial charge in [0.05, 0.1) is 7.11 Å². The lowest BCUT2D eigenvalue weighted by Gasteiger charge is -2.15. The zero-order chi connectivity index (χ0) is 21.5. The van der Waals surface area contributed by atoms with Crippen LogP contribution in [-0.2, 0) is 19.7 Å². The number of methoxy groups -OCH3 is 1. The number of hydrogen-bond acceptors (Lipinski definition) is 6. The maximum absolute atomic E-state index is 6.23. The van der Waals surface area contributed by atoms with E-state index in [1.165, 1.54) is 0 Å². The van der Waals surface area contributed by atoms with Gasteiger partial charge in [0.15, 0.2) is 11.5 Å². The van der Waals surface area contributed by atoms with Crippen molar-refractivity contribution in [2.24, 2.45) is 0 Å². The van der Waals surface area contributed by atoms with Crippen LogP contribution < -0.4 is 14.8 Å². The van der Waals surface area contributed by atoms with Gasteiger partial charge in [-0.25, -0.2) is 4.68 Å². The number of rotatable bonds is 10. The molecule has 0 spiro atoms. The maximum Gasteiger partial charge on any atom is 0.243 e. The number of hydrogen-bond donors (Lipinski definition) is 1. The molecule has 0 fully saturated rings. The molecule has 3 aromatic rings. The summed E-state index contributed by atoms with van der Waals surface area (Å²) in [5.74, 6) is 1.81. The molecule has 0 unspecified atom stereocenters. The molecule has 0 atom stereocenters. The summed E-state index contributed by atoms with van der Waals surface area (Å²) in [6.07, 6.45) is 2.08. The van der Waals surface area contributed by atoms with Gasteiger partial charge in [0.2, 0.25) is 5.95 Å². The number of unbranched alkanes of at least 4 members (excludes halogenated alkanes) is 1. The minimum Gasteiger partial charge on any atom is -0.493 e.